The van der Waals surface area contributed by atoms with Crippen molar-refractivity contribution >= 4 is 39.1 Å². The second kappa shape index (κ2) is 6.57. The summed E-state index contributed by atoms with van der Waals surface area (Å²) >= 11 is 4.62. The topological polar surface area (TPSA) is 55.3 Å². The highest BCUT2D eigenvalue weighted by molar-refractivity contribution is 9.10. The summed E-state index contributed by atoms with van der Waals surface area (Å²) in [5, 5.41) is 4.18. The maximum Gasteiger partial charge on any atom is 0.272 e. The number of hydrogen-bond donors (Lipinski definition) is 0. The minimum absolute atomic E-state index is 0.0538. The van der Waals surface area contributed by atoms with Crippen molar-refractivity contribution in [1.82, 2.24) is 9.59 Å². The molecular weight excluding hydrogens is 402 g/mol. The van der Waals surface area contributed by atoms with Gasteiger partial charge in [-0.15, -0.1) is 5.10 Å². The van der Waals surface area contributed by atoms with Crippen LogP contribution in [0.15, 0.2) is 46.9 Å². The zero-order chi connectivity index (χ0) is 17.4. The first-order chi connectivity index (χ1) is 12.2. The molecule has 25 heavy (non-hydrogen) atoms. The lowest BCUT2D eigenvalue weighted by molar-refractivity contribution is 0.0993. The quantitative estimate of drug-likeness (QED) is 0.643. The smallest absolute Gasteiger partial charge is 0.272 e. The molecule has 2 heterocycles. The number of methoxy groups -OCH3 is 1. The van der Waals surface area contributed by atoms with Gasteiger partial charge in [0.25, 0.3) is 5.91 Å². The highest BCUT2D eigenvalue weighted by Gasteiger charge is 2.29. The maximum atomic E-state index is 13.1. The van der Waals surface area contributed by atoms with E-state index < -0.39 is 0 Å². The molecule has 126 valence electrons. The molecule has 1 aliphatic rings. The van der Waals surface area contributed by atoms with Crippen LogP contribution in [-0.2, 0) is 6.42 Å². The second-order valence-corrected chi connectivity index (χ2v) is 7.33. The van der Waals surface area contributed by atoms with Gasteiger partial charge in [0.15, 0.2) is 0 Å². The van der Waals surface area contributed by atoms with Gasteiger partial charge in [0.2, 0.25) is 0 Å². The van der Waals surface area contributed by atoms with Gasteiger partial charge in [-0.3, -0.25) is 4.79 Å². The van der Waals surface area contributed by atoms with Gasteiger partial charge in [0.05, 0.1) is 7.11 Å². The lowest BCUT2D eigenvalue weighted by Crippen LogP contribution is -2.28. The summed E-state index contributed by atoms with van der Waals surface area (Å²) in [4.78, 5) is 15.5. The number of hydrogen-bond acceptors (Lipinski definition) is 5. The Labute approximate surface area is 157 Å². The Morgan fingerprint density at radius 3 is 2.80 bits per heavy atom. The molecule has 3 aromatic rings. The molecule has 0 bridgehead atoms. The average molecular weight is 416 g/mol. The molecule has 0 N–H and O–H groups in total. The number of carbonyl (C=O) groups is 1. The number of anilines is 1. The minimum atomic E-state index is -0.0538. The Morgan fingerprint density at radius 1 is 1.24 bits per heavy atom. The number of benzene rings is 2. The molecule has 4 rings (SSSR count). The van der Waals surface area contributed by atoms with Crippen molar-refractivity contribution in [1.29, 1.82) is 0 Å². The first kappa shape index (κ1) is 16.2. The fourth-order valence-corrected chi connectivity index (χ4v) is 4.02. The SMILES string of the molecule is COc1ccc(-c2nnsc2C(=O)N2CCc3cc(Br)ccc32)cc1. The first-order valence-electron chi connectivity index (χ1n) is 7.74. The molecule has 5 nitrogen and oxygen atoms in total. The number of nitrogens with zero attached hydrogens (tertiary/aromatic N) is 3. The van der Waals surface area contributed by atoms with Gasteiger partial charge in [-0.05, 0) is 66.0 Å². The van der Waals surface area contributed by atoms with Crippen molar-refractivity contribution in [2.45, 2.75) is 6.42 Å². The Balaban J connectivity index is 1.68. The number of ether oxygens (including phenoxy) is 1. The van der Waals surface area contributed by atoms with E-state index in [4.69, 9.17) is 4.74 Å². The summed E-state index contributed by atoms with van der Waals surface area (Å²) in [7, 11) is 1.62. The molecule has 0 aliphatic carbocycles. The van der Waals surface area contributed by atoms with Gasteiger partial charge >= 0.3 is 0 Å². The summed E-state index contributed by atoms with van der Waals surface area (Å²) in [6.07, 6.45) is 0.852. The molecule has 0 saturated carbocycles. The standard InChI is InChI=1S/C18H14BrN3O2S/c1-24-14-5-2-11(3-6-14)16-17(25-21-20-16)18(23)22-9-8-12-10-13(19)4-7-15(12)22/h2-7,10H,8-9H2,1H3. The molecule has 0 radical (unpaired) electrons. The van der Waals surface area contributed by atoms with Crippen molar-refractivity contribution < 1.29 is 9.53 Å². The molecule has 1 amide bonds. The van der Waals surface area contributed by atoms with Crippen LogP contribution in [0.3, 0.4) is 0 Å². The monoisotopic (exact) mass is 415 g/mol. The van der Waals surface area contributed by atoms with Crippen LogP contribution >= 0.6 is 27.5 Å². The van der Waals surface area contributed by atoms with Crippen LogP contribution in [0.2, 0.25) is 0 Å². The van der Waals surface area contributed by atoms with Gasteiger partial charge in [0.1, 0.15) is 16.3 Å². The van der Waals surface area contributed by atoms with Crippen LogP contribution in [0.25, 0.3) is 11.3 Å². The zero-order valence-electron chi connectivity index (χ0n) is 13.4. The maximum absolute atomic E-state index is 13.1. The van der Waals surface area contributed by atoms with E-state index in [-0.39, 0.29) is 5.91 Å². The van der Waals surface area contributed by atoms with Crippen LogP contribution in [0, 0.1) is 0 Å². The molecule has 0 spiro atoms. The summed E-state index contributed by atoms with van der Waals surface area (Å²) in [6, 6.07) is 13.5. The number of rotatable bonds is 3. The van der Waals surface area contributed by atoms with Gasteiger partial charge in [-0.1, -0.05) is 20.4 Å². The third kappa shape index (κ3) is 2.94. The van der Waals surface area contributed by atoms with Gasteiger partial charge in [0, 0.05) is 22.3 Å². The van der Waals surface area contributed by atoms with E-state index in [9.17, 15) is 4.79 Å². The van der Waals surface area contributed by atoms with Gasteiger partial charge in [-0.2, -0.15) is 0 Å². The third-order valence-corrected chi connectivity index (χ3v) is 5.44. The van der Waals surface area contributed by atoms with E-state index in [1.165, 1.54) is 5.56 Å². The number of fused-ring (bicyclic) bond motifs is 1. The number of carbonyl (C=O) groups excluding carboxylic acids is 1. The molecule has 7 heteroatoms. The molecule has 0 atom stereocenters. The van der Waals surface area contributed by atoms with E-state index in [1.807, 2.05) is 41.3 Å². The van der Waals surface area contributed by atoms with Crippen molar-refractivity contribution in [2.24, 2.45) is 0 Å². The van der Waals surface area contributed by atoms with Crippen LogP contribution in [0.5, 0.6) is 5.75 Å². The van der Waals surface area contributed by atoms with Gasteiger partial charge in [-0.25, -0.2) is 0 Å². The van der Waals surface area contributed by atoms with E-state index in [0.717, 1.165) is 39.4 Å². The summed E-state index contributed by atoms with van der Waals surface area (Å²) in [6.45, 7) is 0.671. The van der Waals surface area contributed by atoms with Crippen molar-refractivity contribution in [3.05, 3.63) is 57.4 Å². The van der Waals surface area contributed by atoms with Crippen LogP contribution in [0.1, 0.15) is 15.2 Å². The van der Waals surface area contributed by atoms with Gasteiger partial charge < -0.3 is 9.64 Å². The Morgan fingerprint density at radius 2 is 2.04 bits per heavy atom. The molecule has 0 unspecified atom stereocenters. The van der Waals surface area contributed by atoms with E-state index >= 15 is 0 Å². The van der Waals surface area contributed by atoms with Crippen LogP contribution in [0.4, 0.5) is 5.69 Å². The van der Waals surface area contributed by atoms with Crippen molar-refractivity contribution in [3.63, 3.8) is 0 Å². The summed E-state index contributed by atoms with van der Waals surface area (Å²) in [5.74, 6) is 0.709. The fourth-order valence-electron chi connectivity index (χ4n) is 2.97. The molecule has 1 aromatic heterocycles. The molecule has 0 saturated heterocycles. The number of halogens is 1. The first-order valence-corrected chi connectivity index (χ1v) is 9.31. The summed E-state index contributed by atoms with van der Waals surface area (Å²) in [5.41, 5.74) is 3.60. The molecule has 1 aliphatic heterocycles. The lowest BCUT2D eigenvalue weighted by atomic mass is 10.1. The minimum Gasteiger partial charge on any atom is -0.497 e. The van der Waals surface area contributed by atoms with Crippen LogP contribution < -0.4 is 9.64 Å². The van der Waals surface area contributed by atoms with Crippen molar-refractivity contribution in [3.8, 4) is 17.0 Å². The largest absolute Gasteiger partial charge is 0.497 e. The predicted octanol–water partition coefficient (Wildman–Crippen LogP) is 4.18. The molecular formula is C18H14BrN3O2S. The predicted molar refractivity (Wildman–Crippen MR) is 101 cm³/mol. The van der Waals surface area contributed by atoms with E-state index in [0.29, 0.717) is 17.1 Å². The Hall–Kier alpha value is -2.25. The third-order valence-electron chi connectivity index (χ3n) is 4.23. The average Bonchev–Trinajstić information content (AvgIpc) is 3.28. The lowest BCUT2D eigenvalue weighted by Gasteiger charge is -2.16. The molecule has 0 fully saturated rings. The highest BCUT2D eigenvalue weighted by Crippen LogP contribution is 2.34. The zero-order valence-corrected chi connectivity index (χ0v) is 15.8. The molecule has 2 aromatic carbocycles. The van der Waals surface area contributed by atoms with Crippen molar-refractivity contribution in [2.75, 3.05) is 18.6 Å². The Bertz CT molecular complexity index is 940. The van der Waals surface area contributed by atoms with E-state index in [2.05, 4.69) is 31.6 Å². The second-order valence-electron chi connectivity index (χ2n) is 5.66. The number of aromatic nitrogens is 2. The Kier molecular flexibility index (Phi) is 4.27. The summed E-state index contributed by atoms with van der Waals surface area (Å²) < 4.78 is 10.2. The highest BCUT2D eigenvalue weighted by atomic mass is 79.9. The number of amides is 1. The fraction of sp³-hybridized carbons (Fsp3) is 0.167. The van der Waals surface area contributed by atoms with Crippen LogP contribution in [-0.4, -0.2) is 29.1 Å². The van der Waals surface area contributed by atoms with E-state index in [1.54, 1.807) is 7.11 Å². The normalized spacial score (nSPS) is 13.0.